The van der Waals surface area contributed by atoms with Crippen LogP contribution in [0.3, 0.4) is 0 Å². The van der Waals surface area contributed by atoms with Crippen molar-refractivity contribution in [1.29, 1.82) is 0 Å². The topological polar surface area (TPSA) is 69.0 Å². The van der Waals surface area contributed by atoms with Crippen molar-refractivity contribution >= 4 is 21.6 Å². The molecule has 3 aromatic rings. The zero-order chi connectivity index (χ0) is 21.9. The van der Waals surface area contributed by atoms with Gasteiger partial charge >= 0.3 is 6.18 Å². The van der Waals surface area contributed by atoms with E-state index in [1.54, 1.807) is 0 Å². The lowest BCUT2D eigenvalue weighted by Gasteiger charge is -2.13. The normalized spacial score (nSPS) is 12.1. The molecule has 0 N–H and O–H groups in total. The molecule has 0 saturated carbocycles. The van der Waals surface area contributed by atoms with Crippen LogP contribution in [0.4, 0.5) is 13.2 Å². The van der Waals surface area contributed by atoms with E-state index in [9.17, 15) is 26.4 Å². The van der Waals surface area contributed by atoms with Crippen molar-refractivity contribution in [3.63, 3.8) is 0 Å². The molecule has 30 heavy (non-hydrogen) atoms. The number of alkyl halides is 3. The van der Waals surface area contributed by atoms with Gasteiger partial charge < -0.3 is 0 Å². The maximum Gasteiger partial charge on any atom is 0.408 e. The highest BCUT2D eigenvalue weighted by atomic mass is 32.2. The number of sulfone groups is 1. The Morgan fingerprint density at radius 2 is 1.67 bits per heavy atom. The van der Waals surface area contributed by atoms with E-state index in [0.29, 0.717) is 21.6 Å². The van der Waals surface area contributed by atoms with Crippen LogP contribution in [-0.2, 0) is 22.1 Å². The molecular formula is C20H17F3N2O3S2. The summed E-state index contributed by atoms with van der Waals surface area (Å²) in [5, 5.41) is 3.68. The van der Waals surface area contributed by atoms with E-state index in [4.69, 9.17) is 0 Å². The number of aromatic nitrogens is 2. The summed E-state index contributed by atoms with van der Waals surface area (Å²) in [7, 11) is -3.41. The highest BCUT2D eigenvalue weighted by molar-refractivity contribution is 7.98. The molecule has 5 nitrogen and oxygen atoms in total. The maximum absolute atomic E-state index is 12.8. The largest absolute Gasteiger partial charge is 0.408 e. The molecule has 0 amide bonds. The first kappa shape index (κ1) is 22.1. The van der Waals surface area contributed by atoms with Gasteiger partial charge in [-0.15, -0.1) is 11.8 Å². The Labute approximate surface area is 175 Å². The summed E-state index contributed by atoms with van der Waals surface area (Å²) in [6.45, 7) is -1.49. The minimum Gasteiger partial charge on any atom is -0.266 e. The molecular weight excluding hydrogens is 437 g/mol. The van der Waals surface area contributed by atoms with Gasteiger partial charge in [0.05, 0.1) is 16.0 Å². The minimum absolute atomic E-state index is 0.100. The number of hydrogen-bond acceptors (Lipinski definition) is 5. The average Bonchev–Trinajstić information content (AvgIpc) is 2.68. The predicted octanol–water partition coefficient (Wildman–Crippen LogP) is 4.17. The van der Waals surface area contributed by atoms with Gasteiger partial charge in [0.15, 0.2) is 9.84 Å². The molecule has 1 aromatic heterocycles. The van der Waals surface area contributed by atoms with Gasteiger partial charge in [-0.3, -0.25) is 4.79 Å². The summed E-state index contributed by atoms with van der Waals surface area (Å²) in [5.41, 5.74) is 0.888. The quantitative estimate of drug-likeness (QED) is 0.523. The Morgan fingerprint density at radius 1 is 1.03 bits per heavy atom. The highest BCUT2D eigenvalue weighted by Gasteiger charge is 2.30. The van der Waals surface area contributed by atoms with Crippen LogP contribution in [0, 0.1) is 0 Å². The first-order valence-corrected chi connectivity index (χ1v) is 11.6. The van der Waals surface area contributed by atoms with Crippen molar-refractivity contribution in [3.8, 4) is 11.1 Å². The molecule has 2 aromatic carbocycles. The number of hydrogen-bond donors (Lipinski definition) is 0. The van der Waals surface area contributed by atoms with Gasteiger partial charge in [-0.2, -0.15) is 18.3 Å². The second-order valence-electron chi connectivity index (χ2n) is 6.54. The lowest BCUT2D eigenvalue weighted by atomic mass is 10.1. The number of thioether (sulfide) groups is 1. The van der Waals surface area contributed by atoms with E-state index in [0.717, 1.165) is 23.6 Å². The molecule has 0 aliphatic rings. The third kappa shape index (κ3) is 5.51. The van der Waals surface area contributed by atoms with Crippen molar-refractivity contribution in [2.24, 2.45) is 0 Å². The van der Waals surface area contributed by atoms with E-state index < -0.39 is 28.1 Å². The van der Waals surface area contributed by atoms with E-state index in [1.807, 2.05) is 30.3 Å². The predicted molar refractivity (Wildman–Crippen MR) is 109 cm³/mol. The van der Waals surface area contributed by atoms with Crippen LogP contribution in [0.1, 0.15) is 5.56 Å². The molecule has 0 unspecified atom stereocenters. The zero-order valence-corrected chi connectivity index (χ0v) is 17.4. The zero-order valence-electron chi connectivity index (χ0n) is 15.8. The van der Waals surface area contributed by atoms with E-state index in [-0.39, 0.29) is 9.79 Å². The third-order valence-corrected chi connectivity index (χ3v) is 6.44. The molecule has 0 aliphatic carbocycles. The molecule has 10 heteroatoms. The molecule has 158 valence electrons. The number of rotatable bonds is 6. The van der Waals surface area contributed by atoms with Gasteiger partial charge in [0.1, 0.15) is 6.54 Å². The van der Waals surface area contributed by atoms with Gasteiger partial charge in [0.25, 0.3) is 5.56 Å². The van der Waals surface area contributed by atoms with Gasteiger partial charge in [-0.25, -0.2) is 13.1 Å². The van der Waals surface area contributed by atoms with Crippen molar-refractivity contribution < 1.29 is 21.6 Å². The summed E-state index contributed by atoms with van der Waals surface area (Å²) < 4.78 is 62.2. The first-order valence-electron chi connectivity index (χ1n) is 8.69. The Bertz CT molecular complexity index is 1190. The number of halogens is 3. The van der Waals surface area contributed by atoms with Crippen molar-refractivity contribution in [2.45, 2.75) is 28.3 Å². The van der Waals surface area contributed by atoms with Crippen LogP contribution in [0.2, 0.25) is 0 Å². The van der Waals surface area contributed by atoms with Crippen LogP contribution < -0.4 is 5.56 Å². The molecule has 1 heterocycles. The summed E-state index contributed by atoms with van der Waals surface area (Å²) in [6.07, 6.45) is -2.31. The standard InChI is InChI=1S/C20H17F3N2O3S2/c1-30(27,28)16-9-7-15(8-10-16)17-11-24-25(13-20(21,22)23)19(26)18(17)29-12-14-5-3-2-4-6-14/h2-11H,12-13H2,1H3. The van der Waals surface area contributed by atoms with Crippen LogP contribution in [0.5, 0.6) is 0 Å². The fraction of sp³-hybridized carbons (Fsp3) is 0.200. The molecule has 0 spiro atoms. The third-order valence-electron chi connectivity index (χ3n) is 4.15. The fourth-order valence-electron chi connectivity index (χ4n) is 2.71. The first-order chi connectivity index (χ1) is 14.0. The summed E-state index contributed by atoms with van der Waals surface area (Å²) in [6, 6.07) is 15.0. The van der Waals surface area contributed by atoms with Crippen LogP contribution in [0.15, 0.2) is 75.4 Å². The Balaban J connectivity index is 2.05. The lowest BCUT2D eigenvalue weighted by Crippen LogP contribution is -2.31. The SMILES string of the molecule is CS(=O)(=O)c1ccc(-c2cnn(CC(F)(F)F)c(=O)c2SCc2ccccc2)cc1. The van der Waals surface area contributed by atoms with Crippen LogP contribution >= 0.6 is 11.8 Å². The van der Waals surface area contributed by atoms with E-state index >= 15 is 0 Å². The highest BCUT2D eigenvalue weighted by Crippen LogP contribution is 2.31. The van der Waals surface area contributed by atoms with Gasteiger partial charge in [0, 0.05) is 17.6 Å². The maximum atomic E-state index is 12.8. The Hall–Kier alpha value is -2.59. The molecule has 0 atom stereocenters. The summed E-state index contributed by atoms with van der Waals surface area (Å²) >= 11 is 1.11. The molecule has 0 radical (unpaired) electrons. The second-order valence-corrected chi connectivity index (χ2v) is 9.54. The Kier molecular flexibility index (Phi) is 6.37. The molecule has 0 bridgehead atoms. The van der Waals surface area contributed by atoms with E-state index in [1.165, 1.54) is 30.5 Å². The Morgan fingerprint density at radius 3 is 2.23 bits per heavy atom. The van der Waals surface area contributed by atoms with Crippen molar-refractivity contribution in [2.75, 3.05) is 6.26 Å². The number of benzene rings is 2. The van der Waals surface area contributed by atoms with Crippen molar-refractivity contribution in [3.05, 3.63) is 76.7 Å². The van der Waals surface area contributed by atoms with Crippen molar-refractivity contribution in [1.82, 2.24) is 9.78 Å². The number of nitrogens with zero attached hydrogens (tertiary/aromatic N) is 2. The van der Waals surface area contributed by atoms with Crippen LogP contribution in [0.25, 0.3) is 11.1 Å². The van der Waals surface area contributed by atoms with E-state index in [2.05, 4.69) is 5.10 Å². The summed E-state index contributed by atoms with van der Waals surface area (Å²) in [5.74, 6) is 0.376. The van der Waals surface area contributed by atoms with Gasteiger partial charge in [-0.05, 0) is 23.3 Å². The minimum atomic E-state index is -4.59. The molecule has 3 rings (SSSR count). The fourth-order valence-corrected chi connectivity index (χ4v) is 4.40. The van der Waals surface area contributed by atoms with Crippen LogP contribution in [-0.4, -0.2) is 30.6 Å². The molecule has 0 aliphatic heterocycles. The van der Waals surface area contributed by atoms with Gasteiger partial charge in [0.2, 0.25) is 0 Å². The smallest absolute Gasteiger partial charge is 0.266 e. The monoisotopic (exact) mass is 454 g/mol. The second kappa shape index (κ2) is 8.65. The average molecular weight is 454 g/mol. The van der Waals surface area contributed by atoms with Gasteiger partial charge in [-0.1, -0.05) is 42.5 Å². The molecule has 0 saturated heterocycles. The summed E-state index contributed by atoms with van der Waals surface area (Å²) in [4.78, 5) is 13.0. The lowest BCUT2D eigenvalue weighted by molar-refractivity contribution is -0.143. The molecule has 0 fully saturated rings.